The smallest absolute Gasteiger partial charge is 0.0363 e. The third-order valence-corrected chi connectivity index (χ3v) is 3.04. The predicted octanol–water partition coefficient (Wildman–Crippen LogP) is 1.81. The largest absolute Gasteiger partial charge is 0.378 e. The predicted molar refractivity (Wildman–Crippen MR) is 60.7 cm³/mol. The van der Waals surface area contributed by atoms with Crippen LogP contribution >= 0.6 is 0 Å². The van der Waals surface area contributed by atoms with E-state index in [-0.39, 0.29) is 0 Å². The summed E-state index contributed by atoms with van der Waals surface area (Å²) in [6.45, 7) is 0.830. The number of hydrogen-bond donors (Lipinski definition) is 1. The molecule has 14 heavy (non-hydrogen) atoms. The number of anilines is 1. The molecular weight excluding hydrogens is 172 g/mol. The third-order valence-electron chi connectivity index (χ3n) is 3.04. The lowest BCUT2D eigenvalue weighted by atomic mass is 10.1. The molecule has 0 aromatic heterocycles. The van der Waals surface area contributed by atoms with Gasteiger partial charge in [-0.05, 0) is 42.5 Å². The fourth-order valence-corrected chi connectivity index (χ4v) is 1.95. The normalized spacial score (nSPS) is 24.8. The van der Waals surface area contributed by atoms with Crippen molar-refractivity contribution in [1.29, 1.82) is 0 Å². The monoisotopic (exact) mass is 190 g/mol. The fourth-order valence-electron chi connectivity index (χ4n) is 1.95. The van der Waals surface area contributed by atoms with E-state index in [4.69, 9.17) is 5.73 Å². The van der Waals surface area contributed by atoms with Crippen molar-refractivity contribution >= 4 is 5.69 Å². The van der Waals surface area contributed by atoms with Gasteiger partial charge in [0.1, 0.15) is 0 Å². The van der Waals surface area contributed by atoms with Crippen molar-refractivity contribution in [3.63, 3.8) is 0 Å². The Bertz CT molecular complexity index is 320. The fraction of sp³-hybridized carbons (Fsp3) is 0.500. The van der Waals surface area contributed by atoms with E-state index in [1.165, 1.54) is 17.7 Å². The molecule has 1 aromatic rings. The molecule has 0 aliphatic heterocycles. The molecule has 1 fully saturated rings. The molecule has 2 atom stereocenters. The molecule has 1 saturated carbocycles. The maximum atomic E-state index is 5.65. The van der Waals surface area contributed by atoms with Crippen LogP contribution in [0.3, 0.4) is 0 Å². The molecule has 1 aromatic carbocycles. The standard InChI is InChI=1S/C12H18N2/c1-14(2)11-5-3-4-9(6-11)12-7-10(12)8-13/h3-6,10,12H,7-8,13H2,1-2H3. The Labute approximate surface area is 85.7 Å². The zero-order valence-corrected chi connectivity index (χ0v) is 8.90. The molecular formula is C12H18N2. The molecule has 2 N–H and O–H groups in total. The number of nitrogens with two attached hydrogens (primary N) is 1. The highest BCUT2D eigenvalue weighted by atomic mass is 15.1. The number of benzene rings is 1. The van der Waals surface area contributed by atoms with Gasteiger partial charge < -0.3 is 10.6 Å². The van der Waals surface area contributed by atoms with Crippen LogP contribution in [0.5, 0.6) is 0 Å². The topological polar surface area (TPSA) is 29.3 Å². The first kappa shape index (κ1) is 9.53. The van der Waals surface area contributed by atoms with E-state index in [1.54, 1.807) is 0 Å². The van der Waals surface area contributed by atoms with Gasteiger partial charge in [-0.15, -0.1) is 0 Å². The summed E-state index contributed by atoms with van der Waals surface area (Å²) >= 11 is 0. The van der Waals surface area contributed by atoms with E-state index in [2.05, 4.69) is 43.3 Å². The molecule has 0 saturated heterocycles. The molecule has 2 rings (SSSR count). The van der Waals surface area contributed by atoms with Crippen molar-refractivity contribution in [2.75, 3.05) is 25.5 Å². The van der Waals surface area contributed by atoms with Crippen molar-refractivity contribution < 1.29 is 0 Å². The summed E-state index contributed by atoms with van der Waals surface area (Å²) in [5.41, 5.74) is 8.38. The number of rotatable bonds is 3. The second-order valence-electron chi connectivity index (χ2n) is 4.33. The molecule has 0 amide bonds. The van der Waals surface area contributed by atoms with Crippen molar-refractivity contribution in [1.82, 2.24) is 0 Å². The molecule has 0 radical (unpaired) electrons. The van der Waals surface area contributed by atoms with Gasteiger partial charge in [-0.25, -0.2) is 0 Å². The summed E-state index contributed by atoms with van der Waals surface area (Å²) in [4.78, 5) is 2.14. The molecule has 2 heteroatoms. The lowest BCUT2D eigenvalue weighted by Gasteiger charge is -2.13. The molecule has 1 aliphatic rings. The Morgan fingerprint density at radius 2 is 2.21 bits per heavy atom. The molecule has 0 heterocycles. The molecule has 2 nitrogen and oxygen atoms in total. The van der Waals surface area contributed by atoms with Gasteiger partial charge in [0, 0.05) is 19.8 Å². The Morgan fingerprint density at radius 3 is 2.79 bits per heavy atom. The van der Waals surface area contributed by atoms with Crippen molar-refractivity contribution in [3.05, 3.63) is 29.8 Å². The maximum Gasteiger partial charge on any atom is 0.0363 e. The van der Waals surface area contributed by atoms with E-state index >= 15 is 0 Å². The van der Waals surface area contributed by atoms with Gasteiger partial charge in [0.25, 0.3) is 0 Å². The van der Waals surface area contributed by atoms with Gasteiger partial charge in [-0.1, -0.05) is 12.1 Å². The average molecular weight is 190 g/mol. The summed E-state index contributed by atoms with van der Waals surface area (Å²) in [5.74, 6) is 1.45. The first-order valence-corrected chi connectivity index (χ1v) is 5.19. The van der Waals surface area contributed by atoms with Crippen LogP contribution in [0.1, 0.15) is 17.9 Å². The van der Waals surface area contributed by atoms with E-state index in [0.29, 0.717) is 0 Å². The van der Waals surface area contributed by atoms with Crippen LogP contribution in [0.25, 0.3) is 0 Å². The molecule has 76 valence electrons. The summed E-state index contributed by atoms with van der Waals surface area (Å²) in [5, 5.41) is 0. The second kappa shape index (κ2) is 3.62. The van der Waals surface area contributed by atoms with E-state index in [0.717, 1.165) is 18.4 Å². The van der Waals surface area contributed by atoms with Gasteiger partial charge in [0.2, 0.25) is 0 Å². The van der Waals surface area contributed by atoms with Gasteiger partial charge >= 0.3 is 0 Å². The quantitative estimate of drug-likeness (QED) is 0.787. The highest BCUT2D eigenvalue weighted by Crippen LogP contribution is 2.47. The Morgan fingerprint density at radius 1 is 1.43 bits per heavy atom. The zero-order chi connectivity index (χ0) is 10.1. The van der Waals surface area contributed by atoms with Crippen LogP contribution in [-0.4, -0.2) is 20.6 Å². The highest BCUT2D eigenvalue weighted by Gasteiger charge is 2.36. The Hall–Kier alpha value is -1.02. The van der Waals surface area contributed by atoms with E-state index in [1.807, 2.05) is 0 Å². The van der Waals surface area contributed by atoms with Crippen LogP contribution < -0.4 is 10.6 Å². The minimum atomic E-state index is 0.722. The maximum absolute atomic E-state index is 5.65. The minimum absolute atomic E-state index is 0.722. The first-order chi connectivity index (χ1) is 6.72. The van der Waals surface area contributed by atoms with Crippen molar-refractivity contribution in [2.24, 2.45) is 11.7 Å². The number of nitrogens with zero attached hydrogens (tertiary/aromatic N) is 1. The number of hydrogen-bond acceptors (Lipinski definition) is 2. The van der Waals surface area contributed by atoms with E-state index in [9.17, 15) is 0 Å². The first-order valence-electron chi connectivity index (χ1n) is 5.19. The lowest BCUT2D eigenvalue weighted by molar-refractivity contribution is 0.809. The van der Waals surface area contributed by atoms with Crippen molar-refractivity contribution in [3.8, 4) is 0 Å². The Balaban J connectivity index is 2.15. The summed E-state index contributed by atoms with van der Waals surface area (Å²) in [6, 6.07) is 8.77. The average Bonchev–Trinajstić information content (AvgIpc) is 2.97. The van der Waals surface area contributed by atoms with E-state index < -0.39 is 0 Å². The van der Waals surface area contributed by atoms with Crippen LogP contribution in [-0.2, 0) is 0 Å². The van der Waals surface area contributed by atoms with Crippen molar-refractivity contribution in [2.45, 2.75) is 12.3 Å². The van der Waals surface area contributed by atoms with Crippen LogP contribution in [0.2, 0.25) is 0 Å². The van der Waals surface area contributed by atoms with Gasteiger partial charge in [0.05, 0.1) is 0 Å². The second-order valence-corrected chi connectivity index (χ2v) is 4.33. The third kappa shape index (κ3) is 1.75. The molecule has 1 aliphatic carbocycles. The SMILES string of the molecule is CN(C)c1cccc(C2CC2CN)c1. The Kier molecular flexibility index (Phi) is 2.46. The van der Waals surface area contributed by atoms with Gasteiger partial charge in [-0.3, -0.25) is 0 Å². The minimum Gasteiger partial charge on any atom is -0.378 e. The van der Waals surface area contributed by atoms with Crippen LogP contribution in [0.15, 0.2) is 24.3 Å². The van der Waals surface area contributed by atoms with Crippen LogP contribution in [0.4, 0.5) is 5.69 Å². The van der Waals surface area contributed by atoms with Gasteiger partial charge in [-0.2, -0.15) is 0 Å². The summed E-state index contributed by atoms with van der Waals surface area (Å²) < 4.78 is 0. The molecule has 2 unspecified atom stereocenters. The summed E-state index contributed by atoms with van der Waals surface area (Å²) in [6.07, 6.45) is 1.27. The molecule has 0 bridgehead atoms. The van der Waals surface area contributed by atoms with Gasteiger partial charge in [0.15, 0.2) is 0 Å². The zero-order valence-electron chi connectivity index (χ0n) is 8.90. The molecule has 0 spiro atoms. The summed E-state index contributed by atoms with van der Waals surface area (Å²) in [7, 11) is 4.15. The van der Waals surface area contributed by atoms with Crippen LogP contribution in [0, 0.1) is 5.92 Å². The highest BCUT2D eigenvalue weighted by molar-refractivity contribution is 5.48. The lowest BCUT2D eigenvalue weighted by Crippen LogP contribution is -2.08.